The normalized spacial score (nSPS) is 18.8. The van der Waals surface area contributed by atoms with Gasteiger partial charge in [-0.05, 0) is 24.3 Å². The first kappa shape index (κ1) is 13.1. The second-order valence-corrected chi connectivity index (χ2v) is 6.65. The zero-order valence-electron chi connectivity index (χ0n) is 10.7. The monoisotopic (exact) mass is 291 g/mol. The molecular formula is C14H17N3S2. The van der Waals surface area contributed by atoms with Crippen molar-refractivity contribution in [2.45, 2.75) is 18.9 Å². The molecule has 2 aromatic heterocycles. The summed E-state index contributed by atoms with van der Waals surface area (Å²) in [7, 11) is 0. The Labute approximate surface area is 121 Å². The lowest BCUT2D eigenvalue weighted by atomic mass is 10.2. The van der Waals surface area contributed by atoms with Gasteiger partial charge in [-0.25, -0.2) is 4.98 Å². The van der Waals surface area contributed by atoms with E-state index < -0.39 is 0 Å². The maximum Gasteiger partial charge on any atom is 0.123 e. The first-order valence-electron chi connectivity index (χ1n) is 6.58. The van der Waals surface area contributed by atoms with Crippen LogP contribution in [-0.2, 0) is 6.42 Å². The molecule has 19 heavy (non-hydrogen) atoms. The fourth-order valence-electron chi connectivity index (χ4n) is 2.15. The van der Waals surface area contributed by atoms with E-state index in [1.165, 1.54) is 23.6 Å². The second kappa shape index (κ2) is 6.50. The quantitative estimate of drug-likeness (QED) is 0.919. The lowest BCUT2D eigenvalue weighted by Crippen LogP contribution is -2.30. The summed E-state index contributed by atoms with van der Waals surface area (Å²) in [5.41, 5.74) is 2.35. The first-order valence-corrected chi connectivity index (χ1v) is 8.61. The Bertz CT molecular complexity index is 506. The minimum absolute atomic E-state index is 0.711. The SMILES string of the molecule is c1cc(-c2nc(CCNC3CCSC3)cs2)ccn1. The molecule has 5 heteroatoms. The lowest BCUT2D eigenvalue weighted by Gasteiger charge is -2.09. The summed E-state index contributed by atoms with van der Waals surface area (Å²) in [5.74, 6) is 2.57. The van der Waals surface area contributed by atoms with E-state index >= 15 is 0 Å². The summed E-state index contributed by atoms with van der Waals surface area (Å²) in [4.78, 5) is 8.73. The van der Waals surface area contributed by atoms with Crippen molar-refractivity contribution in [3.05, 3.63) is 35.6 Å². The highest BCUT2D eigenvalue weighted by Gasteiger charge is 2.14. The Morgan fingerprint density at radius 2 is 2.21 bits per heavy atom. The molecule has 1 atom stereocenters. The molecule has 1 aliphatic rings. The van der Waals surface area contributed by atoms with Crippen molar-refractivity contribution in [3.63, 3.8) is 0 Å². The highest BCUT2D eigenvalue weighted by molar-refractivity contribution is 7.99. The summed E-state index contributed by atoms with van der Waals surface area (Å²) in [6.45, 7) is 1.03. The molecule has 0 radical (unpaired) electrons. The highest BCUT2D eigenvalue weighted by Crippen LogP contribution is 2.23. The molecule has 0 spiro atoms. The number of pyridine rings is 1. The van der Waals surface area contributed by atoms with Crippen molar-refractivity contribution in [3.8, 4) is 10.6 Å². The van der Waals surface area contributed by atoms with Crippen molar-refractivity contribution >= 4 is 23.1 Å². The first-order chi connectivity index (χ1) is 9.42. The molecule has 1 saturated heterocycles. The summed E-state index contributed by atoms with van der Waals surface area (Å²) in [6, 6.07) is 4.73. The van der Waals surface area contributed by atoms with E-state index in [0.717, 1.165) is 23.5 Å². The van der Waals surface area contributed by atoms with Gasteiger partial charge < -0.3 is 5.32 Å². The van der Waals surface area contributed by atoms with Gasteiger partial charge in [0, 0.05) is 48.1 Å². The van der Waals surface area contributed by atoms with Crippen LogP contribution in [0.5, 0.6) is 0 Å². The molecule has 0 amide bonds. The molecule has 0 saturated carbocycles. The maximum atomic E-state index is 4.69. The summed E-state index contributed by atoms with van der Waals surface area (Å²) in [6.07, 6.45) is 5.96. The van der Waals surface area contributed by atoms with Crippen molar-refractivity contribution in [2.24, 2.45) is 0 Å². The van der Waals surface area contributed by atoms with Gasteiger partial charge in [-0.2, -0.15) is 11.8 Å². The van der Waals surface area contributed by atoms with Gasteiger partial charge in [-0.3, -0.25) is 4.98 Å². The van der Waals surface area contributed by atoms with Crippen LogP contribution in [0, 0.1) is 0 Å². The van der Waals surface area contributed by atoms with E-state index in [4.69, 9.17) is 4.98 Å². The number of aromatic nitrogens is 2. The van der Waals surface area contributed by atoms with Crippen LogP contribution in [0.4, 0.5) is 0 Å². The van der Waals surface area contributed by atoms with Crippen LogP contribution in [0.2, 0.25) is 0 Å². The van der Waals surface area contributed by atoms with Crippen LogP contribution < -0.4 is 5.32 Å². The van der Waals surface area contributed by atoms with Crippen LogP contribution in [0.25, 0.3) is 10.6 Å². The van der Waals surface area contributed by atoms with Crippen molar-refractivity contribution < 1.29 is 0 Å². The van der Waals surface area contributed by atoms with Crippen LogP contribution in [0.1, 0.15) is 12.1 Å². The number of nitrogens with one attached hydrogen (secondary N) is 1. The minimum Gasteiger partial charge on any atom is -0.313 e. The maximum absolute atomic E-state index is 4.69. The van der Waals surface area contributed by atoms with E-state index in [-0.39, 0.29) is 0 Å². The average molecular weight is 291 g/mol. The van der Waals surface area contributed by atoms with E-state index in [2.05, 4.69) is 15.7 Å². The molecule has 0 aliphatic carbocycles. The van der Waals surface area contributed by atoms with Crippen LogP contribution >= 0.6 is 23.1 Å². The molecule has 3 nitrogen and oxygen atoms in total. The van der Waals surface area contributed by atoms with Crippen molar-refractivity contribution in [2.75, 3.05) is 18.1 Å². The molecule has 1 aliphatic heterocycles. The standard InChI is InChI=1S/C14H17N3S2/c1-5-15-6-2-11(1)14-17-13(10-19-14)3-7-16-12-4-8-18-9-12/h1-2,5-6,10,12,16H,3-4,7-9H2. The molecular weight excluding hydrogens is 274 g/mol. The van der Waals surface area contributed by atoms with Gasteiger partial charge >= 0.3 is 0 Å². The molecule has 0 bridgehead atoms. The molecule has 3 rings (SSSR count). The van der Waals surface area contributed by atoms with Gasteiger partial charge in [0.15, 0.2) is 0 Å². The zero-order valence-corrected chi connectivity index (χ0v) is 12.3. The van der Waals surface area contributed by atoms with E-state index in [1.807, 2.05) is 36.3 Å². The Hall–Kier alpha value is -0.910. The average Bonchev–Trinajstić information content (AvgIpc) is 3.11. The molecule has 1 N–H and O–H groups in total. The molecule has 1 unspecified atom stereocenters. The minimum atomic E-state index is 0.711. The summed E-state index contributed by atoms with van der Waals surface area (Å²) >= 11 is 3.76. The van der Waals surface area contributed by atoms with Crippen LogP contribution in [-0.4, -0.2) is 34.1 Å². The smallest absolute Gasteiger partial charge is 0.123 e. The van der Waals surface area contributed by atoms with Crippen LogP contribution in [0.15, 0.2) is 29.9 Å². The topological polar surface area (TPSA) is 37.8 Å². The number of thioether (sulfide) groups is 1. The largest absolute Gasteiger partial charge is 0.313 e. The third kappa shape index (κ3) is 3.55. The molecule has 2 aromatic rings. The number of hydrogen-bond acceptors (Lipinski definition) is 5. The van der Waals surface area contributed by atoms with Crippen LogP contribution in [0.3, 0.4) is 0 Å². The third-order valence-electron chi connectivity index (χ3n) is 3.22. The fourth-order valence-corrected chi connectivity index (χ4v) is 4.20. The van der Waals surface area contributed by atoms with E-state index in [1.54, 1.807) is 11.3 Å². The summed E-state index contributed by atoms with van der Waals surface area (Å²) in [5, 5.41) is 6.87. The number of hydrogen-bond donors (Lipinski definition) is 1. The van der Waals surface area contributed by atoms with Crippen molar-refractivity contribution in [1.29, 1.82) is 0 Å². The van der Waals surface area contributed by atoms with E-state index in [0.29, 0.717) is 6.04 Å². The summed E-state index contributed by atoms with van der Waals surface area (Å²) < 4.78 is 0. The number of rotatable bonds is 5. The van der Waals surface area contributed by atoms with Gasteiger partial charge in [0.05, 0.1) is 5.69 Å². The molecule has 1 fully saturated rings. The lowest BCUT2D eigenvalue weighted by molar-refractivity contribution is 0.558. The molecule has 100 valence electrons. The highest BCUT2D eigenvalue weighted by atomic mass is 32.2. The second-order valence-electron chi connectivity index (χ2n) is 4.64. The zero-order chi connectivity index (χ0) is 12.9. The number of thiazole rings is 1. The predicted octanol–water partition coefficient (Wildman–Crippen LogP) is 2.84. The number of nitrogens with zero attached hydrogens (tertiary/aromatic N) is 2. The third-order valence-corrected chi connectivity index (χ3v) is 5.33. The molecule has 3 heterocycles. The Balaban J connectivity index is 1.53. The van der Waals surface area contributed by atoms with Gasteiger partial charge in [0.25, 0.3) is 0 Å². The Morgan fingerprint density at radius 1 is 1.32 bits per heavy atom. The fraction of sp³-hybridized carbons (Fsp3) is 0.429. The Morgan fingerprint density at radius 3 is 3.00 bits per heavy atom. The van der Waals surface area contributed by atoms with Gasteiger partial charge in [0.1, 0.15) is 5.01 Å². The van der Waals surface area contributed by atoms with Gasteiger partial charge in [0.2, 0.25) is 0 Å². The Kier molecular flexibility index (Phi) is 4.48. The predicted molar refractivity (Wildman–Crippen MR) is 82.8 cm³/mol. The van der Waals surface area contributed by atoms with Crippen molar-refractivity contribution in [1.82, 2.24) is 15.3 Å². The van der Waals surface area contributed by atoms with Gasteiger partial charge in [-0.1, -0.05) is 0 Å². The van der Waals surface area contributed by atoms with Gasteiger partial charge in [-0.15, -0.1) is 11.3 Å². The van der Waals surface area contributed by atoms with E-state index in [9.17, 15) is 0 Å². The molecule has 0 aromatic carbocycles.